The molecule has 0 aromatic heterocycles. The van der Waals surface area contributed by atoms with Gasteiger partial charge in [-0.3, -0.25) is 4.99 Å². The summed E-state index contributed by atoms with van der Waals surface area (Å²) in [6.07, 6.45) is -2.45. The Morgan fingerprint density at radius 1 is 1.40 bits per heavy atom. The molecular formula is C6H8F3N. The minimum Gasteiger partial charge on any atom is -0.298 e. The maximum absolute atomic E-state index is 11.9. The lowest BCUT2D eigenvalue weighted by Gasteiger charge is -2.19. The van der Waals surface area contributed by atoms with Gasteiger partial charge in [-0.25, -0.2) is 0 Å². The van der Waals surface area contributed by atoms with E-state index in [1.54, 1.807) is 0 Å². The van der Waals surface area contributed by atoms with Gasteiger partial charge < -0.3 is 0 Å². The molecule has 0 aromatic carbocycles. The zero-order chi connectivity index (χ0) is 7.61. The Morgan fingerprint density at radius 2 is 2.10 bits per heavy atom. The van der Waals surface area contributed by atoms with Crippen molar-refractivity contribution in [3.05, 3.63) is 0 Å². The van der Waals surface area contributed by atoms with Gasteiger partial charge in [-0.15, -0.1) is 0 Å². The summed E-state index contributed by atoms with van der Waals surface area (Å²) in [4.78, 5) is 3.72. The first kappa shape index (κ1) is 7.57. The topological polar surface area (TPSA) is 12.4 Å². The van der Waals surface area contributed by atoms with E-state index < -0.39 is 12.1 Å². The van der Waals surface area contributed by atoms with Crippen LogP contribution in [0.2, 0.25) is 0 Å². The summed E-state index contributed by atoms with van der Waals surface area (Å²) in [6.45, 7) is 0.324. The van der Waals surface area contributed by atoms with E-state index in [-0.39, 0.29) is 12.8 Å². The molecule has 0 amide bonds. The van der Waals surface area contributed by atoms with Crippen LogP contribution in [-0.2, 0) is 0 Å². The van der Waals surface area contributed by atoms with E-state index >= 15 is 0 Å². The van der Waals surface area contributed by atoms with Crippen LogP contribution in [0.4, 0.5) is 13.2 Å². The summed E-state index contributed by atoms with van der Waals surface area (Å²) in [5.41, 5.74) is 0. The minimum absolute atomic E-state index is 0.0590. The summed E-state index contributed by atoms with van der Waals surface area (Å²) >= 11 is 0. The third-order valence-electron chi connectivity index (χ3n) is 1.59. The standard InChI is InChI=1S/C6H8F3N/c7-6(8,9)5-1-3-10-4-2-5/h3,5H,1-2,4H2. The van der Waals surface area contributed by atoms with E-state index in [9.17, 15) is 13.2 Å². The Kier molecular flexibility index (Phi) is 1.97. The maximum Gasteiger partial charge on any atom is 0.392 e. The van der Waals surface area contributed by atoms with Gasteiger partial charge in [0, 0.05) is 6.54 Å². The average Bonchev–Trinajstić information content (AvgIpc) is 1.88. The lowest BCUT2D eigenvalue weighted by atomic mass is 10.00. The fraction of sp³-hybridized carbons (Fsp3) is 0.833. The third kappa shape index (κ3) is 1.72. The molecule has 0 saturated heterocycles. The van der Waals surface area contributed by atoms with E-state index in [1.165, 1.54) is 6.21 Å². The van der Waals surface area contributed by atoms with E-state index in [1.807, 2.05) is 0 Å². The number of nitrogens with zero attached hydrogens (tertiary/aromatic N) is 1. The molecule has 58 valence electrons. The highest BCUT2D eigenvalue weighted by atomic mass is 19.4. The highest BCUT2D eigenvalue weighted by Gasteiger charge is 2.38. The first-order valence-corrected chi connectivity index (χ1v) is 3.15. The SMILES string of the molecule is FC(F)(F)C1CC=NCC1. The maximum atomic E-state index is 11.9. The molecule has 1 nitrogen and oxygen atoms in total. The van der Waals surface area contributed by atoms with Gasteiger partial charge in [0.05, 0.1) is 5.92 Å². The minimum atomic E-state index is -4.02. The predicted octanol–water partition coefficient (Wildman–Crippen LogP) is 2.03. The van der Waals surface area contributed by atoms with Crippen LogP contribution in [-0.4, -0.2) is 18.9 Å². The largest absolute Gasteiger partial charge is 0.392 e. The number of halogens is 3. The normalized spacial score (nSPS) is 26.9. The summed E-state index contributed by atoms with van der Waals surface area (Å²) in [5, 5.41) is 0. The van der Waals surface area contributed by atoms with Crippen molar-refractivity contribution in [1.29, 1.82) is 0 Å². The Balaban J connectivity index is 2.49. The zero-order valence-corrected chi connectivity index (χ0v) is 5.36. The third-order valence-corrected chi connectivity index (χ3v) is 1.59. The number of hydrogen-bond donors (Lipinski definition) is 0. The molecule has 10 heavy (non-hydrogen) atoms. The molecule has 0 bridgehead atoms. The Bertz CT molecular complexity index is 138. The molecule has 1 rings (SSSR count). The van der Waals surface area contributed by atoms with Crippen LogP contribution >= 0.6 is 0 Å². The van der Waals surface area contributed by atoms with Crippen LogP contribution in [0.1, 0.15) is 12.8 Å². The van der Waals surface area contributed by atoms with Crippen molar-refractivity contribution in [3.63, 3.8) is 0 Å². The van der Waals surface area contributed by atoms with Crippen LogP contribution in [0, 0.1) is 5.92 Å². The Hall–Kier alpha value is -0.540. The molecular weight excluding hydrogens is 143 g/mol. The number of hydrogen-bond acceptors (Lipinski definition) is 1. The highest BCUT2D eigenvalue weighted by Crippen LogP contribution is 2.31. The van der Waals surface area contributed by atoms with Gasteiger partial charge in [-0.05, 0) is 19.1 Å². The second-order valence-corrected chi connectivity index (χ2v) is 2.35. The van der Waals surface area contributed by atoms with Gasteiger partial charge >= 0.3 is 6.18 Å². The lowest BCUT2D eigenvalue weighted by molar-refractivity contribution is -0.174. The van der Waals surface area contributed by atoms with Crippen molar-refractivity contribution >= 4 is 6.21 Å². The summed E-state index contributed by atoms with van der Waals surface area (Å²) in [6, 6.07) is 0. The van der Waals surface area contributed by atoms with Crippen molar-refractivity contribution in [2.24, 2.45) is 10.9 Å². The van der Waals surface area contributed by atoms with Crippen LogP contribution in [0.5, 0.6) is 0 Å². The molecule has 0 saturated carbocycles. The van der Waals surface area contributed by atoms with Gasteiger partial charge in [0.15, 0.2) is 0 Å². The molecule has 0 radical (unpaired) electrons. The molecule has 0 aliphatic carbocycles. The average molecular weight is 151 g/mol. The second-order valence-electron chi connectivity index (χ2n) is 2.35. The van der Waals surface area contributed by atoms with Gasteiger partial charge in [-0.2, -0.15) is 13.2 Å². The van der Waals surface area contributed by atoms with Gasteiger partial charge in [0.1, 0.15) is 0 Å². The van der Waals surface area contributed by atoms with E-state index in [0.717, 1.165) is 0 Å². The van der Waals surface area contributed by atoms with Gasteiger partial charge in [0.2, 0.25) is 0 Å². The van der Waals surface area contributed by atoms with Gasteiger partial charge in [-0.1, -0.05) is 0 Å². The predicted molar refractivity (Wildman–Crippen MR) is 32.1 cm³/mol. The molecule has 0 aromatic rings. The van der Waals surface area contributed by atoms with Crippen molar-refractivity contribution < 1.29 is 13.2 Å². The molecule has 0 spiro atoms. The zero-order valence-electron chi connectivity index (χ0n) is 5.36. The summed E-state index contributed by atoms with van der Waals surface area (Å²) in [5.74, 6) is -1.15. The molecule has 0 N–H and O–H groups in total. The summed E-state index contributed by atoms with van der Waals surface area (Å²) in [7, 11) is 0. The monoisotopic (exact) mass is 151 g/mol. The molecule has 1 atom stereocenters. The van der Waals surface area contributed by atoms with Crippen LogP contribution in [0.15, 0.2) is 4.99 Å². The van der Waals surface area contributed by atoms with Crippen LogP contribution in [0.3, 0.4) is 0 Å². The van der Waals surface area contributed by atoms with Crippen molar-refractivity contribution in [2.75, 3.05) is 6.54 Å². The van der Waals surface area contributed by atoms with E-state index in [4.69, 9.17) is 0 Å². The fourth-order valence-electron chi connectivity index (χ4n) is 0.939. The van der Waals surface area contributed by atoms with Gasteiger partial charge in [0.25, 0.3) is 0 Å². The quantitative estimate of drug-likeness (QED) is 0.502. The first-order chi connectivity index (χ1) is 4.61. The van der Waals surface area contributed by atoms with E-state index in [0.29, 0.717) is 6.54 Å². The first-order valence-electron chi connectivity index (χ1n) is 3.15. The molecule has 1 unspecified atom stereocenters. The van der Waals surface area contributed by atoms with Crippen molar-refractivity contribution in [1.82, 2.24) is 0 Å². The fourth-order valence-corrected chi connectivity index (χ4v) is 0.939. The van der Waals surface area contributed by atoms with E-state index in [2.05, 4.69) is 4.99 Å². The summed E-state index contributed by atoms with van der Waals surface area (Å²) < 4.78 is 35.6. The second kappa shape index (κ2) is 2.60. The molecule has 0 fully saturated rings. The molecule has 4 heteroatoms. The Labute approximate surface area is 57.0 Å². The van der Waals surface area contributed by atoms with Crippen LogP contribution < -0.4 is 0 Å². The number of aliphatic imine (C=N–C) groups is 1. The Morgan fingerprint density at radius 3 is 2.40 bits per heavy atom. The van der Waals surface area contributed by atoms with Crippen molar-refractivity contribution in [3.8, 4) is 0 Å². The van der Waals surface area contributed by atoms with Crippen LogP contribution in [0.25, 0.3) is 0 Å². The molecule has 1 heterocycles. The number of alkyl halides is 3. The van der Waals surface area contributed by atoms with Crippen molar-refractivity contribution in [2.45, 2.75) is 19.0 Å². The molecule has 1 aliphatic heterocycles. The highest BCUT2D eigenvalue weighted by molar-refractivity contribution is 5.58. The number of rotatable bonds is 0. The molecule has 1 aliphatic rings. The lowest BCUT2D eigenvalue weighted by Crippen LogP contribution is -2.25. The smallest absolute Gasteiger partial charge is 0.298 e.